The van der Waals surface area contributed by atoms with Gasteiger partial charge in [0.15, 0.2) is 0 Å². The third-order valence-electron chi connectivity index (χ3n) is 4.61. The summed E-state index contributed by atoms with van der Waals surface area (Å²) in [6.45, 7) is 2.22. The van der Waals surface area contributed by atoms with E-state index in [0.29, 0.717) is 0 Å². The van der Waals surface area contributed by atoms with E-state index in [0.717, 1.165) is 46.4 Å². The van der Waals surface area contributed by atoms with Crippen LogP contribution < -0.4 is 4.74 Å². The first-order chi connectivity index (χ1) is 12.3. The fourth-order valence-corrected chi connectivity index (χ4v) is 3.23. The number of ether oxygens (including phenoxy) is 1. The monoisotopic (exact) mass is 331 g/mol. The zero-order valence-electron chi connectivity index (χ0n) is 14.5. The molecule has 0 atom stereocenters. The maximum absolute atomic E-state index is 5.38. The molecule has 4 nitrogen and oxygen atoms in total. The van der Waals surface area contributed by atoms with Crippen molar-refractivity contribution in [2.24, 2.45) is 0 Å². The van der Waals surface area contributed by atoms with Gasteiger partial charge in [0.05, 0.1) is 18.8 Å². The SMILES string of the molecule is CCCCc1cc2ccc(OC)cc2cc1-c1nc2cnccc2[nH]1. The molecule has 0 radical (unpaired) electrons. The van der Waals surface area contributed by atoms with Crippen LogP contribution in [-0.4, -0.2) is 22.1 Å². The summed E-state index contributed by atoms with van der Waals surface area (Å²) in [7, 11) is 1.70. The van der Waals surface area contributed by atoms with E-state index in [1.165, 1.54) is 17.4 Å². The van der Waals surface area contributed by atoms with Gasteiger partial charge < -0.3 is 9.72 Å². The second-order valence-corrected chi connectivity index (χ2v) is 6.30. The lowest BCUT2D eigenvalue weighted by atomic mass is 9.96. The van der Waals surface area contributed by atoms with Gasteiger partial charge in [-0.3, -0.25) is 4.98 Å². The first-order valence-electron chi connectivity index (χ1n) is 8.69. The van der Waals surface area contributed by atoms with Crippen molar-refractivity contribution in [3.63, 3.8) is 0 Å². The third kappa shape index (κ3) is 2.95. The van der Waals surface area contributed by atoms with Gasteiger partial charge in [-0.05, 0) is 53.4 Å². The summed E-state index contributed by atoms with van der Waals surface area (Å²) >= 11 is 0. The molecule has 4 rings (SSSR count). The van der Waals surface area contributed by atoms with Crippen molar-refractivity contribution >= 4 is 21.8 Å². The topological polar surface area (TPSA) is 50.8 Å². The lowest BCUT2D eigenvalue weighted by molar-refractivity contribution is 0.415. The van der Waals surface area contributed by atoms with E-state index in [1.807, 2.05) is 12.1 Å². The summed E-state index contributed by atoms with van der Waals surface area (Å²) in [5.41, 5.74) is 4.39. The van der Waals surface area contributed by atoms with E-state index in [2.05, 4.69) is 41.2 Å². The number of unbranched alkanes of at least 4 members (excludes halogenated alkanes) is 1. The molecule has 0 unspecified atom stereocenters. The molecule has 0 spiro atoms. The lowest BCUT2D eigenvalue weighted by Gasteiger charge is -2.11. The second-order valence-electron chi connectivity index (χ2n) is 6.30. The number of hydrogen-bond donors (Lipinski definition) is 1. The lowest BCUT2D eigenvalue weighted by Crippen LogP contribution is -1.93. The molecule has 0 amide bonds. The van der Waals surface area contributed by atoms with Crippen LogP contribution in [0.1, 0.15) is 25.3 Å². The molecule has 0 fully saturated rings. The normalized spacial score (nSPS) is 11.3. The van der Waals surface area contributed by atoms with Gasteiger partial charge in [-0.15, -0.1) is 0 Å². The van der Waals surface area contributed by atoms with Crippen LogP contribution >= 0.6 is 0 Å². The van der Waals surface area contributed by atoms with Crippen molar-refractivity contribution in [3.05, 3.63) is 54.4 Å². The van der Waals surface area contributed by atoms with Crippen molar-refractivity contribution < 1.29 is 4.74 Å². The van der Waals surface area contributed by atoms with Crippen molar-refractivity contribution in [3.8, 4) is 17.1 Å². The molecule has 0 aliphatic rings. The van der Waals surface area contributed by atoms with Gasteiger partial charge in [0.2, 0.25) is 0 Å². The Bertz CT molecular complexity index is 1000. The average Bonchev–Trinajstić information content (AvgIpc) is 3.09. The van der Waals surface area contributed by atoms with Crippen LogP contribution in [0.5, 0.6) is 5.75 Å². The average molecular weight is 331 g/mol. The van der Waals surface area contributed by atoms with Gasteiger partial charge in [0, 0.05) is 11.8 Å². The molecule has 2 heterocycles. The molecule has 0 aliphatic heterocycles. The summed E-state index contributed by atoms with van der Waals surface area (Å²) in [6, 6.07) is 12.7. The molecule has 0 saturated carbocycles. The predicted octanol–water partition coefficient (Wildman–Crippen LogP) is 5.13. The second kappa shape index (κ2) is 6.55. The zero-order chi connectivity index (χ0) is 17.2. The number of aryl methyl sites for hydroxylation is 1. The number of pyridine rings is 1. The Hall–Kier alpha value is -2.88. The number of nitrogens with one attached hydrogen (secondary N) is 1. The van der Waals surface area contributed by atoms with Gasteiger partial charge >= 0.3 is 0 Å². The number of benzene rings is 2. The van der Waals surface area contributed by atoms with E-state index in [-0.39, 0.29) is 0 Å². The maximum atomic E-state index is 5.38. The zero-order valence-corrected chi connectivity index (χ0v) is 14.5. The predicted molar refractivity (Wildman–Crippen MR) is 102 cm³/mol. The molecule has 4 aromatic rings. The summed E-state index contributed by atoms with van der Waals surface area (Å²) < 4.78 is 5.38. The highest BCUT2D eigenvalue weighted by atomic mass is 16.5. The third-order valence-corrected chi connectivity index (χ3v) is 4.61. The Balaban J connectivity index is 1.91. The highest BCUT2D eigenvalue weighted by Gasteiger charge is 2.12. The van der Waals surface area contributed by atoms with Gasteiger partial charge in [0.25, 0.3) is 0 Å². The Morgan fingerprint density at radius 3 is 2.80 bits per heavy atom. The molecule has 0 bridgehead atoms. The number of imidazole rings is 1. The van der Waals surface area contributed by atoms with Crippen LogP contribution in [0.3, 0.4) is 0 Å². The minimum absolute atomic E-state index is 0.869. The van der Waals surface area contributed by atoms with Crippen LogP contribution in [-0.2, 0) is 6.42 Å². The van der Waals surface area contributed by atoms with Crippen molar-refractivity contribution in [1.82, 2.24) is 15.0 Å². The highest BCUT2D eigenvalue weighted by molar-refractivity contribution is 5.90. The van der Waals surface area contributed by atoms with E-state index >= 15 is 0 Å². The van der Waals surface area contributed by atoms with E-state index in [9.17, 15) is 0 Å². The Morgan fingerprint density at radius 2 is 2.00 bits per heavy atom. The Labute approximate surface area is 146 Å². The van der Waals surface area contributed by atoms with E-state index in [4.69, 9.17) is 9.72 Å². The molecule has 1 N–H and O–H groups in total. The largest absolute Gasteiger partial charge is 0.497 e. The standard InChI is InChI=1S/C21H21N3O/c1-3-4-5-15-10-14-6-7-17(25-2)11-16(14)12-18(15)21-23-19-8-9-22-13-20(19)24-21/h6-13H,3-5H2,1-2H3,(H,23,24). The first-order valence-corrected chi connectivity index (χ1v) is 8.69. The fourth-order valence-electron chi connectivity index (χ4n) is 3.23. The number of nitrogens with zero attached hydrogens (tertiary/aromatic N) is 2. The Kier molecular flexibility index (Phi) is 4.10. The van der Waals surface area contributed by atoms with Crippen LogP contribution in [0.4, 0.5) is 0 Å². The molecule has 2 aromatic heterocycles. The number of hydrogen-bond acceptors (Lipinski definition) is 3. The van der Waals surface area contributed by atoms with Gasteiger partial charge in [0.1, 0.15) is 17.1 Å². The van der Waals surface area contributed by atoms with Crippen LogP contribution in [0.25, 0.3) is 33.2 Å². The van der Waals surface area contributed by atoms with Crippen LogP contribution in [0.2, 0.25) is 0 Å². The smallest absolute Gasteiger partial charge is 0.138 e. The number of methoxy groups -OCH3 is 1. The molecule has 0 aliphatic carbocycles. The minimum Gasteiger partial charge on any atom is -0.497 e. The molecule has 25 heavy (non-hydrogen) atoms. The summed E-state index contributed by atoms with van der Waals surface area (Å²) in [4.78, 5) is 12.4. The molecular weight excluding hydrogens is 310 g/mol. The number of rotatable bonds is 5. The van der Waals surface area contributed by atoms with Gasteiger partial charge in [-0.1, -0.05) is 25.5 Å². The summed E-state index contributed by atoms with van der Waals surface area (Å²) in [5.74, 6) is 1.77. The van der Waals surface area contributed by atoms with Crippen molar-refractivity contribution in [1.29, 1.82) is 0 Å². The quantitative estimate of drug-likeness (QED) is 0.551. The van der Waals surface area contributed by atoms with Crippen LogP contribution in [0, 0.1) is 0 Å². The number of aromatic amines is 1. The minimum atomic E-state index is 0.869. The van der Waals surface area contributed by atoms with E-state index < -0.39 is 0 Å². The van der Waals surface area contributed by atoms with Crippen molar-refractivity contribution in [2.45, 2.75) is 26.2 Å². The molecular formula is C21H21N3O. The molecule has 4 heteroatoms. The highest BCUT2D eigenvalue weighted by Crippen LogP contribution is 2.31. The number of H-pyrrole nitrogens is 1. The molecule has 126 valence electrons. The first kappa shape index (κ1) is 15.6. The van der Waals surface area contributed by atoms with Gasteiger partial charge in [-0.25, -0.2) is 4.98 Å². The fraction of sp³-hybridized carbons (Fsp3) is 0.238. The maximum Gasteiger partial charge on any atom is 0.138 e. The number of fused-ring (bicyclic) bond motifs is 2. The summed E-state index contributed by atoms with van der Waals surface area (Å²) in [6.07, 6.45) is 6.96. The van der Waals surface area contributed by atoms with E-state index in [1.54, 1.807) is 19.5 Å². The molecule has 0 saturated heterocycles. The van der Waals surface area contributed by atoms with Crippen LogP contribution in [0.15, 0.2) is 48.8 Å². The summed E-state index contributed by atoms with van der Waals surface area (Å²) in [5, 5.41) is 2.39. The number of aromatic nitrogens is 3. The molecule has 2 aromatic carbocycles. The van der Waals surface area contributed by atoms with Gasteiger partial charge in [-0.2, -0.15) is 0 Å². The Morgan fingerprint density at radius 1 is 1.08 bits per heavy atom. The van der Waals surface area contributed by atoms with Crippen molar-refractivity contribution in [2.75, 3.05) is 7.11 Å².